The highest BCUT2D eigenvalue weighted by Gasteiger charge is 2.11. The van der Waals surface area contributed by atoms with E-state index >= 15 is 0 Å². The highest BCUT2D eigenvalue weighted by atomic mass is 16.1. The summed E-state index contributed by atoms with van der Waals surface area (Å²) in [5.74, 6) is -0.0878. The highest BCUT2D eigenvalue weighted by molar-refractivity contribution is 6.04. The zero-order valence-electron chi connectivity index (χ0n) is 14.2. The quantitative estimate of drug-likeness (QED) is 0.907. The molecule has 0 aliphatic carbocycles. The van der Waals surface area contributed by atoms with Gasteiger partial charge in [0.25, 0.3) is 5.91 Å². The maximum Gasteiger partial charge on any atom is 0.255 e. The average Bonchev–Trinajstić information content (AvgIpc) is 2.63. The van der Waals surface area contributed by atoms with Crippen LogP contribution in [0.1, 0.15) is 10.4 Å². The number of benzene rings is 2. The zero-order chi connectivity index (χ0) is 16.9. The van der Waals surface area contributed by atoms with Crippen LogP contribution in [0.4, 0.5) is 17.1 Å². The summed E-state index contributed by atoms with van der Waals surface area (Å²) in [6.45, 7) is 4.07. The Labute approximate surface area is 143 Å². The summed E-state index contributed by atoms with van der Waals surface area (Å²) in [4.78, 5) is 16.7. The summed E-state index contributed by atoms with van der Waals surface area (Å²) in [7, 11) is 3.96. The van der Waals surface area contributed by atoms with Crippen LogP contribution in [0.25, 0.3) is 0 Å². The van der Waals surface area contributed by atoms with Gasteiger partial charge in [-0.2, -0.15) is 0 Å². The maximum absolute atomic E-state index is 12.3. The monoisotopic (exact) mass is 324 g/mol. The van der Waals surface area contributed by atoms with Gasteiger partial charge >= 0.3 is 0 Å². The number of anilines is 3. The second-order valence-electron chi connectivity index (χ2n) is 6.18. The Morgan fingerprint density at radius 2 is 1.62 bits per heavy atom. The summed E-state index contributed by atoms with van der Waals surface area (Å²) in [6.07, 6.45) is 0. The fourth-order valence-electron chi connectivity index (χ4n) is 2.79. The lowest BCUT2D eigenvalue weighted by molar-refractivity contribution is 0.102. The van der Waals surface area contributed by atoms with Crippen molar-refractivity contribution in [3.05, 3.63) is 54.1 Å². The smallest absolute Gasteiger partial charge is 0.255 e. The van der Waals surface area contributed by atoms with Crippen molar-refractivity contribution < 1.29 is 4.79 Å². The van der Waals surface area contributed by atoms with Gasteiger partial charge < -0.3 is 20.4 Å². The molecule has 0 saturated carbocycles. The lowest BCUT2D eigenvalue weighted by atomic mass is 10.1. The first kappa shape index (κ1) is 16.3. The fraction of sp³-hybridized carbons (Fsp3) is 0.316. The number of piperazine rings is 1. The fourth-order valence-corrected chi connectivity index (χ4v) is 2.79. The zero-order valence-corrected chi connectivity index (χ0v) is 14.2. The Bertz CT molecular complexity index is 674. The van der Waals surface area contributed by atoms with Crippen LogP contribution >= 0.6 is 0 Å². The van der Waals surface area contributed by atoms with E-state index in [-0.39, 0.29) is 5.91 Å². The molecule has 0 unspecified atom stereocenters. The lowest BCUT2D eigenvalue weighted by Crippen LogP contribution is -2.43. The standard InChI is InChI=1S/C19H24N4O/c1-22(2)17-7-3-15(4-8-17)19(24)21-16-5-9-18(10-6-16)23-13-11-20-12-14-23/h3-10,20H,11-14H2,1-2H3,(H,21,24). The molecular formula is C19H24N4O. The van der Waals surface area contributed by atoms with E-state index in [1.807, 2.05) is 55.4 Å². The molecule has 0 radical (unpaired) electrons. The topological polar surface area (TPSA) is 47.6 Å². The van der Waals surface area contributed by atoms with Crippen LogP contribution in [0, 0.1) is 0 Å². The summed E-state index contributed by atoms with van der Waals surface area (Å²) in [6, 6.07) is 15.6. The van der Waals surface area contributed by atoms with Gasteiger partial charge in [0.1, 0.15) is 0 Å². The molecule has 126 valence electrons. The molecule has 1 fully saturated rings. The number of rotatable bonds is 4. The van der Waals surface area contributed by atoms with Gasteiger partial charge in [0.15, 0.2) is 0 Å². The maximum atomic E-state index is 12.3. The minimum atomic E-state index is -0.0878. The first-order valence-corrected chi connectivity index (χ1v) is 8.28. The number of hydrogen-bond acceptors (Lipinski definition) is 4. The molecule has 1 aliphatic rings. The molecule has 24 heavy (non-hydrogen) atoms. The highest BCUT2D eigenvalue weighted by Crippen LogP contribution is 2.19. The van der Waals surface area contributed by atoms with Crippen LogP contribution < -0.4 is 20.4 Å². The SMILES string of the molecule is CN(C)c1ccc(C(=O)Nc2ccc(N3CCNCC3)cc2)cc1. The van der Waals surface area contributed by atoms with Crippen LogP contribution in [0.5, 0.6) is 0 Å². The number of carbonyl (C=O) groups is 1. The van der Waals surface area contributed by atoms with Crippen LogP contribution in [0.3, 0.4) is 0 Å². The molecule has 1 amide bonds. The van der Waals surface area contributed by atoms with E-state index in [1.54, 1.807) is 0 Å². The van der Waals surface area contributed by atoms with Gasteiger partial charge in [-0.1, -0.05) is 0 Å². The minimum absolute atomic E-state index is 0.0878. The second kappa shape index (κ2) is 7.36. The van der Waals surface area contributed by atoms with E-state index in [0.29, 0.717) is 5.56 Å². The Morgan fingerprint density at radius 1 is 1.00 bits per heavy atom. The van der Waals surface area contributed by atoms with Gasteiger partial charge in [-0.3, -0.25) is 4.79 Å². The van der Waals surface area contributed by atoms with Crippen molar-refractivity contribution in [3.8, 4) is 0 Å². The predicted molar refractivity (Wildman–Crippen MR) is 100 cm³/mol. The molecular weight excluding hydrogens is 300 g/mol. The Balaban J connectivity index is 1.63. The molecule has 2 aromatic carbocycles. The van der Waals surface area contributed by atoms with E-state index in [1.165, 1.54) is 5.69 Å². The molecule has 3 rings (SSSR count). The molecule has 2 aromatic rings. The molecule has 0 spiro atoms. The molecule has 1 saturated heterocycles. The predicted octanol–water partition coefficient (Wildman–Crippen LogP) is 2.41. The summed E-state index contributed by atoms with van der Waals surface area (Å²) in [5, 5.41) is 6.30. The summed E-state index contributed by atoms with van der Waals surface area (Å²) in [5.41, 5.74) is 3.75. The first-order chi connectivity index (χ1) is 11.6. The van der Waals surface area contributed by atoms with Crippen LogP contribution in [-0.2, 0) is 0 Å². The van der Waals surface area contributed by atoms with E-state index in [9.17, 15) is 4.79 Å². The number of nitrogens with zero attached hydrogens (tertiary/aromatic N) is 2. The van der Waals surface area contributed by atoms with Crippen molar-refractivity contribution in [2.24, 2.45) is 0 Å². The molecule has 0 atom stereocenters. The Hall–Kier alpha value is -2.53. The molecule has 1 aliphatic heterocycles. The average molecular weight is 324 g/mol. The summed E-state index contributed by atoms with van der Waals surface area (Å²) >= 11 is 0. The van der Waals surface area contributed by atoms with Gasteiger partial charge in [0, 0.05) is 62.9 Å². The van der Waals surface area contributed by atoms with Crippen molar-refractivity contribution in [1.29, 1.82) is 0 Å². The second-order valence-corrected chi connectivity index (χ2v) is 6.18. The van der Waals surface area contributed by atoms with Crippen LogP contribution in [0.15, 0.2) is 48.5 Å². The number of amides is 1. The van der Waals surface area contributed by atoms with Gasteiger partial charge in [0.2, 0.25) is 0 Å². The largest absolute Gasteiger partial charge is 0.378 e. The van der Waals surface area contributed by atoms with E-state index in [4.69, 9.17) is 0 Å². The van der Waals surface area contributed by atoms with Crippen LogP contribution in [-0.4, -0.2) is 46.2 Å². The van der Waals surface area contributed by atoms with Gasteiger partial charge in [0.05, 0.1) is 0 Å². The van der Waals surface area contributed by atoms with Gasteiger partial charge in [-0.15, -0.1) is 0 Å². The van der Waals surface area contributed by atoms with Crippen molar-refractivity contribution in [2.45, 2.75) is 0 Å². The molecule has 5 heteroatoms. The number of carbonyl (C=O) groups excluding carboxylic acids is 1. The Morgan fingerprint density at radius 3 is 2.21 bits per heavy atom. The minimum Gasteiger partial charge on any atom is -0.378 e. The Kier molecular flexibility index (Phi) is 5.01. The number of hydrogen-bond donors (Lipinski definition) is 2. The number of nitrogens with one attached hydrogen (secondary N) is 2. The van der Waals surface area contributed by atoms with Gasteiger partial charge in [-0.05, 0) is 48.5 Å². The van der Waals surface area contributed by atoms with Crippen molar-refractivity contribution >= 4 is 23.0 Å². The third kappa shape index (κ3) is 3.86. The van der Waals surface area contributed by atoms with Crippen molar-refractivity contribution in [3.63, 3.8) is 0 Å². The normalized spacial score (nSPS) is 14.3. The van der Waals surface area contributed by atoms with Crippen LogP contribution in [0.2, 0.25) is 0 Å². The van der Waals surface area contributed by atoms with E-state index in [2.05, 4.69) is 27.7 Å². The lowest BCUT2D eigenvalue weighted by Gasteiger charge is -2.29. The van der Waals surface area contributed by atoms with E-state index < -0.39 is 0 Å². The molecule has 0 bridgehead atoms. The van der Waals surface area contributed by atoms with Gasteiger partial charge in [-0.25, -0.2) is 0 Å². The first-order valence-electron chi connectivity index (χ1n) is 8.28. The molecule has 5 nitrogen and oxygen atoms in total. The van der Waals surface area contributed by atoms with Crippen molar-refractivity contribution in [2.75, 3.05) is 55.4 Å². The third-order valence-electron chi connectivity index (χ3n) is 4.25. The molecule has 0 aromatic heterocycles. The molecule has 2 N–H and O–H groups in total. The molecule has 1 heterocycles. The van der Waals surface area contributed by atoms with Crippen molar-refractivity contribution in [1.82, 2.24) is 5.32 Å². The van der Waals surface area contributed by atoms with E-state index in [0.717, 1.165) is 37.6 Å². The third-order valence-corrected chi connectivity index (χ3v) is 4.25. The summed E-state index contributed by atoms with van der Waals surface area (Å²) < 4.78 is 0.